The van der Waals surface area contributed by atoms with Gasteiger partial charge in [0.15, 0.2) is 0 Å². The van der Waals surface area contributed by atoms with Gasteiger partial charge in [-0.3, -0.25) is 9.59 Å². The average Bonchev–Trinajstić information content (AvgIpc) is 2.38. The zero-order chi connectivity index (χ0) is 14.5. The van der Waals surface area contributed by atoms with Crippen LogP contribution in [0.15, 0.2) is 0 Å². The van der Waals surface area contributed by atoms with Crippen LogP contribution in [-0.4, -0.2) is 60.7 Å². The van der Waals surface area contributed by atoms with Gasteiger partial charge in [0, 0.05) is 31.9 Å². The second-order valence-electron chi connectivity index (χ2n) is 5.24. The number of carbonyl (C=O) groups excluding carboxylic acids is 1. The van der Waals surface area contributed by atoms with Gasteiger partial charge in [0.25, 0.3) is 0 Å². The first-order valence-electron chi connectivity index (χ1n) is 6.47. The number of hydrogen-bond donors (Lipinski definition) is 1. The van der Waals surface area contributed by atoms with Crippen molar-refractivity contribution in [2.45, 2.75) is 19.8 Å². The maximum absolute atomic E-state index is 12.3. The van der Waals surface area contributed by atoms with Gasteiger partial charge < -0.3 is 14.7 Å². The van der Waals surface area contributed by atoms with Gasteiger partial charge in [-0.25, -0.2) is 0 Å². The molecule has 1 rings (SSSR count). The highest BCUT2D eigenvalue weighted by atomic mass is 32.2. The minimum Gasteiger partial charge on any atom is -0.481 e. The Morgan fingerprint density at radius 1 is 1.53 bits per heavy atom. The van der Waals surface area contributed by atoms with Crippen LogP contribution in [0.4, 0.5) is 0 Å². The van der Waals surface area contributed by atoms with Crippen molar-refractivity contribution in [2.75, 3.05) is 38.8 Å². The molecule has 1 saturated heterocycles. The van der Waals surface area contributed by atoms with E-state index in [2.05, 4.69) is 0 Å². The number of aliphatic carboxylic acids is 1. The van der Waals surface area contributed by atoms with Crippen LogP contribution in [-0.2, 0) is 14.3 Å². The van der Waals surface area contributed by atoms with Crippen molar-refractivity contribution < 1.29 is 19.4 Å². The standard InChI is InChI=1S/C13H23NO4S/c1-10(7-19-3)11(15)14-6-4-5-13(8-14,9-18-2)12(16)17/h10H,4-9H2,1-3H3,(H,16,17). The third kappa shape index (κ3) is 3.86. The SMILES string of the molecule is COCC1(C(=O)O)CCCN(C(=O)C(C)CSC)C1. The topological polar surface area (TPSA) is 66.8 Å². The van der Waals surface area contributed by atoms with Crippen LogP contribution in [0.5, 0.6) is 0 Å². The molecule has 1 N–H and O–H groups in total. The molecule has 0 bridgehead atoms. The van der Waals surface area contributed by atoms with E-state index < -0.39 is 11.4 Å². The highest BCUT2D eigenvalue weighted by Crippen LogP contribution is 2.31. The van der Waals surface area contributed by atoms with E-state index in [9.17, 15) is 14.7 Å². The smallest absolute Gasteiger partial charge is 0.313 e. The Hall–Kier alpha value is -0.750. The van der Waals surface area contributed by atoms with Crippen molar-refractivity contribution in [3.8, 4) is 0 Å². The number of amides is 1. The lowest BCUT2D eigenvalue weighted by molar-refractivity contribution is -0.159. The molecule has 1 heterocycles. The Balaban J connectivity index is 2.77. The molecular formula is C13H23NO4S. The molecule has 0 aromatic heterocycles. The fraction of sp³-hybridized carbons (Fsp3) is 0.846. The Morgan fingerprint density at radius 2 is 2.21 bits per heavy atom. The maximum atomic E-state index is 12.3. The maximum Gasteiger partial charge on any atom is 0.313 e. The molecule has 1 fully saturated rings. The molecule has 0 saturated carbocycles. The molecule has 0 spiro atoms. The zero-order valence-electron chi connectivity index (χ0n) is 11.8. The molecule has 1 aliphatic heterocycles. The van der Waals surface area contributed by atoms with Crippen LogP contribution < -0.4 is 0 Å². The minimum atomic E-state index is -0.943. The van der Waals surface area contributed by atoms with E-state index in [4.69, 9.17) is 4.74 Å². The van der Waals surface area contributed by atoms with Crippen LogP contribution in [0, 0.1) is 11.3 Å². The predicted molar refractivity (Wildman–Crippen MR) is 75.3 cm³/mol. The van der Waals surface area contributed by atoms with E-state index in [1.165, 1.54) is 7.11 Å². The first-order chi connectivity index (χ1) is 8.96. The van der Waals surface area contributed by atoms with Gasteiger partial charge in [0.05, 0.1) is 6.61 Å². The molecule has 0 radical (unpaired) electrons. The Labute approximate surface area is 118 Å². The molecule has 5 nitrogen and oxygen atoms in total. The summed E-state index contributed by atoms with van der Waals surface area (Å²) >= 11 is 1.63. The molecule has 2 atom stereocenters. The van der Waals surface area contributed by atoms with E-state index >= 15 is 0 Å². The third-order valence-electron chi connectivity index (χ3n) is 3.60. The lowest BCUT2D eigenvalue weighted by Gasteiger charge is -2.40. The van der Waals surface area contributed by atoms with Gasteiger partial charge in [-0.05, 0) is 19.1 Å². The predicted octanol–water partition coefficient (Wildman–Crippen LogP) is 1.33. The number of rotatable bonds is 6. The summed E-state index contributed by atoms with van der Waals surface area (Å²) in [5.41, 5.74) is -0.943. The highest BCUT2D eigenvalue weighted by Gasteiger charge is 2.44. The third-order valence-corrected chi connectivity index (χ3v) is 4.43. The van der Waals surface area contributed by atoms with Gasteiger partial charge in [0.1, 0.15) is 5.41 Å². The van der Waals surface area contributed by atoms with Gasteiger partial charge in [-0.15, -0.1) is 0 Å². The molecule has 1 aliphatic rings. The fourth-order valence-electron chi connectivity index (χ4n) is 2.58. The van der Waals surface area contributed by atoms with Crippen molar-refractivity contribution in [3.05, 3.63) is 0 Å². The van der Waals surface area contributed by atoms with Crippen molar-refractivity contribution in [2.24, 2.45) is 11.3 Å². The summed E-state index contributed by atoms with van der Waals surface area (Å²) in [6.45, 7) is 2.96. The van der Waals surface area contributed by atoms with E-state index in [1.54, 1.807) is 16.7 Å². The van der Waals surface area contributed by atoms with Gasteiger partial charge in [-0.2, -0.15) is 11.8 Å². The van der Waals surface area contributed by atoms with E-state index in [0.29, 0.717) is 19.4 Å². The quantitative estimate of drug-likeness (QED) is 0.799. The van der Waals surface area contributed by atoms with Crippen LogP contribution in [0.2, 0.25) is 0 Å². The largest absolute Gasteiger partial charge is 0.481 e. The number of carboxylic acids is 1. The number of methoxy groups -OCH3 is 1. The minimum absolute atomic E-state index is 0.0516. The van der Waals surface area contributed by atoms with Gasteiger partial charge in [-0.1, -0.05) is 6.92 Å². The summed E-state index contributed by atoms with van der Waals surface area (Å²) in [5.74, 6) is -0.123. The second kappa shape index (κ2) is 7.14. The van der Waals surface area contributed by atoms with Crippen molar-refractivity contribution in [3.63, 3.8) is 0 Å². The molecule has 110 valence electrons. The van der Waals surface area contributed by atoms with Crippen molar-refractivity contribution in [1.82, 2.24) is 4.90 Å². The molecule has 19 heavy (non-hydrogen) atoms. The first kappa shape index (κ1) is 16.3. The number of carbonyl (C=O) groups is 2. The molecule has 1 amide bonds. The summed E-state index contributed by atoms with van der Waals surface area (Å²) in [6, 6.07) is 0. The summed E-state index contributed by atoms with van der Waals surface area (Å²) < 4.78 is 5.06. The molecule has 6 heteroatoms. The molecule has 2 unspecified atom stereocenters. The summed E-state index contributed by atoms with van der Waals surface area (Å²) in [7, 11) is 1.50. The average molecular weight is 289 g/mol. The molecule has 0 aromatic carbocycles. The second-order valence-corrected chi connectivity index (χ2v) is 6.15. The number of likely N-dealkylation sites (tertiary alicyclic amines) is 1. The number of nitrogens with zero attached hydrogens (tertiary/aromatic N) is 1. The van der Waals surface area contributed by atoms with Gasteiger partial charge >= 0.3 is 5.97 Å². The van der Waals surface area contributed by atoms with Crippen molar-refractivity contribution in [1.29, 1.82) is 0 Å². The van der Waals surface area contributed by atoms with E-state index in [1.807, 2.05) is 13.2 Å². The van der Waals surface area contributed by atoms with Crippen molar-refractivity contribution >= 4 is 23.6 Å². The summed E-state index contributed by atoms with van der Waals surface area (Å²) in [5, 5.41) is 9.44. The van der Waals surface area contributed by atoms with Gasteiger partial charge in [0.2, 0.25) is 5.91 Å². The Morgan fingerprint density at radius 3 is 2.74 bits per heavy atom. The van der Waals surface area contributed by atoms with Crippen LogP contribution in [0.25, 0.3) is 0 Å². The van der Waals surface area contributed by atoms with Crippen LogP contribution in [0.3, 0.4) is 0 Å². The number of piperidine rings is 1. The first-order valence-corrected chi connectivity index (χ1v) is 7.86. The number of carboxylic acid groups (broad SMARTS) is 1. The Bertz CT molecular complexity index is 333. The lowest BCUT2D eigenvalue weighted by atomic mass is 9.80. The highest BCUT2D eigenvalue weighted by molar-refractivity contribution is 7.98. The van der Waals surface area contributed by atoms with E-state index in [0.717, 1.165) is 5.75 Å². The van der Waals surface area contributed by atoms with E-state index in [-0.39, 0.29) is 25.0 Å². The fourth-order valence-corrected chi connectivity index (χ4v) is 3.23. The lowest BCUT2D eigenvalue weighted by Crippen LogP contribution is -2.53. The molecular weight excluding hydrogens is 266 g/mol. The normalized spacial score (nSPS) is 25.1. The monoisotopic (exact) mass is 289 g/mol. The van der Waals surface area contributed by atoms with Crippen LogP contribution in [0.1, 0.15) is 19.8 Å². The number of ether oxygens (including phenoxy) is 1. The number of hydrogen-bond acceptors (Lipinski definition) is 4. The zero-order valence-corrected chi connectivity index (χ0v) is 12.7. The Kier molecular flexibility index (Phi) is 6.13. The van der Waals surface area contributed by atoms with Crippen LogP contribution >= 0.6 is 11.8 Å². The summed E-state index contributed by atoms with van der Waals surface area (Å²) in [4.78, 5) is 25.5. The molecule has 0 aliphatic carbocycles. The summed E-state index contributed by atoms with van der Waals surface area (Å²) in [6.07, 6.45) is 3.25. The molecule has 0 aromatic rings. The number of thioether (sulfide) groups is 1.